The molecule has 3 amide bonds. The smallest absolute Gasteiger partial charge is 0.328 e. The SMILES string of the molecule is C[C@@H](O)[C@H](NC(=O)Nc1ccc(C(N)=O)cc1)C(=O)O. The fourth-order valence-corrected chi connectivity index (χ4v) is 1.41. The number of nitrogens with one attached hydrogen (secondary N) is 2. The third-order valence-corrected chi connectivity index (χ3v) is 2.46. The number of nitrogens with two attached hydrogens (primary N) is 1. The monoisotopic (exact) mass is 281 g/mol. The number of hydrogen-bond acceptors (Lipinski definition) is 4. The van der Waals surface area contributed by atoms with Crippen molar-refractivity contribution in [1.29, 1.82) is 0 Å². The number of rotatable bonds is 5. The van der Waals surface area contributed by atoms with Gasteiger partial charge < -0.3 is 26.6 Å². The van der Waals surface area contributed by atoms with E-state index in [1.165, 1.54) is 31.2 Å². The Balaban J connectivity index is 2.66. The Bertz CT molecular complexity index is 512. The van der Waals surface area contributed by atoms with E-state index < -0.39 is 30.1 Å². The zero-order valence-corrected chi connectivity index (χ0v) is 10.7. The molecule has 108 valence electrons. The molecule has 0 saturated heterocycles. The molecule has 0 aliphatic rings. The van der Waals surface area contributed by atoms with Crippen molar-refractivity contribution in [1.82, 2.24) is 5.32 Å². The summed E-state index contributed by atoms with van der Waals surface area (Å²) in [5, 5.41) is 22.5. The lowest BCUT2D eigenvalue weighted by molar-refractivity contribution is -0.141. The van der Waals surface area contributed by atoms with E-state index in [4.69, 9.17) is 10.8 Å². The Hall–Kier alpha value is -2.61. The molecule has 8 nitrogen and oxygen atoms in total. The zero-order valence-electron chi connectivity index (χ0n) is 10.7. The van der Waals surface area contributed by atoms with Gasteiger partial charge >= 0.3 is 12.0 Å². The number of amides is 3. The van der Waals surface area contributed by atoms with Gasteiger partial charge in [0, 0.05) is 11.3 Å². The lowest BCUT2D eigenvalue weighted by atomic mass is 10.2. The van der Waals surface area contributed by atoms with Crippen LogP contribution in [0.1, 0.15) is 17.3 Å². The summed E-state index contributed by atoms with van der Waals surface area (Å²) < 4.78 is 0. The Morgan fingerprint density at radius 3 is 2.15 bits per heavy atom. The van der Waals surface area contributed by atoms with Crippen LogP contribution in [0.25, 0.3) is 0 Å². The van der Waals surface area contributed by atoms with Crippen molar-refractivity contribution in [2.45, 2.75) is 19.1 Å². The average Bonchev–Trinajstić information content (AvgIpc) is 2.35. The first-order valence-corrected chi connectivity index (χ1v) is 5.69. The number of aliphatic hydroxyl groups is 1. The number of carbonyl (C=O) groups excluding carboxylic acids is 2. The average molecular weight is 281 g/mol. The molecule has 0 radical (unpaired) electrons. The minimum absolute atomic E-state index is 0.281. The summed E-state index contributed by atoms with van der Waals surface area (Å²) in [6, 6.07) is 3.52. The largest absolute Gasteiger partial charge is 0.480 e. The number of aliphatic hydroxyl groups excluding tert-OH is 1. The van der Waals surface area contributed by atoms with Gasteiger partial charge in [0.2, 0.25) is 5.91 Å². The van der Waals surface area contributed by atoms with Crippen LogP contribution < -0.4 is 16.4 Å². The summed E-state index contributed by atoms with van der Waals surface area (Å²) in [6.45, 7) is 1.25. The van der Waals surface area contributed by atoms with Gasteiger partial charge in [-0.15, -0.1) is 0 Å². The maximum Gasteiger partial charge on any atom is 0.328 e. The number of carbonyl (C=O) groups is 3. The molecule has 0 unspecified atom stereocenters. The van der Waals surface area contributed by atoms with Crippen LogP contribution in [0.15, 0.2) is 24.3 Å². The Kier molecular flexibility index (Phi) is 5.04. The van der Waals surface area contributed by atoms with Crippen molar-refractivity contribution in [3.63, 3.8) is 0 Å². The van der Waals surface area contributed by atoms with Gasteiger partial charge in [-0.2, -0.15) is 0 Å². The quantitative estimate of drug-likeness (QED) is 0.505. The first-order valence-electron chi connectivity index (χ1n) is 5.69. The number of hydrogen-bond donors (Lipinski definition) is 5. The molecular formula is C12H15N3O5. The lowest BCUT2D eigenvalue weighted by Gasteiger charge is -2.17. The number of primary amides is 1. The second-order valence-corrected chi connectivity index (χ2v) is 4.10. The highest BCUT2D eigenvalue weighted by Gasteiger charge is 2.24. The summed E-state index contributed by atoms with van der Waals surface area (Å²) >= 11 is 0. The van der Waals surface area contributed by atoms with E-state index >= 15 is 0 Å². The third-order valence-electron chi connectivity index (χ3n) is 2.46. The van der Waals surface area contributed by atoms with Crippen molar-refractivity contribution in [2.24, 2.45) is 5.73 Å². The van der Waals surface area contributed by atoms with Crippen LogP contribution in [0.3, 0.4) is 0 Å². The van der Waals surface area contributed by atoms with Gasteiger partial charge in [-0.05, 0) is 31.2 Å². The van der Waals surface area contributed by atoms with Crippen LogP contribution in [0.4, 0.5) is 10.5 Å². The van der Waals surface area contributed by atoms with Crippen molar-refractivity contribution >= 4 is 23.6 Å². The number of aliphatic carboxylic acids is 1. The lowest BCUT2D eigenvalue weighted by Crippen LogP contribution is -2.49. The maximum atomic E-state index is 11.6. The zero-order chi connectivity index (χ0) is 15.3. The molecule has 0 aliphatic heterocycles. The van der Waals surface area contributed by atoms with Crippen LogP contribution >= 0.6 is 0 Å². The van der Waals surface area contributed by atoms with Gasteiger partial charge in [-0.3, -0.25) is 4.79 Å². The van der Waals surface area contributed by atoms with Crippen LogP contribution in [-0.2, 0) is 4.79 Å². The Morgan fingerprint density at radius 1 is 1.20 bits per heavy atom. The van der Waals surface area contributed by atoms with Gasteiger partial charge in [0.25, 0.3) is 0 Å². The number of carboxylic acid groups (broad SMARTS) is 1. The Morgan fingerprint density at radius 2 is 1.75 bits per heavy atom. The number of carboxylic acids is 1. The molecule has 1 aromatic rings. The first-order chi connectivity index (χ1) is 9.31. The van der Waals surface area contributed by atoms with Crippen LogP contribution in [0.5, 0.6) is 0 Å². The number of anilines is 1. The van der Waals surface area contributed by atoms with Gasteiger partial charge in [0.05, 0.1) is 6.10 Å². The fraction of sp³-hybridized carbons (Fsp3) is 0.250. The molecule has 20 heavy (non-hydrogen) atoms. The molecule has 0 bridgehead atoms. The van der Waals surface area contributed by atoms with E-state index in [1.807, 2.05) is 0 Å². The second kappa shape index (κ2) is 6.53. The summed E-state index contributed by atoms with van der Waals surface area (Å²) in [5.41, 5.74) is 5.70. The molecule has 1 aromatic carbocycles. The molecule has 1 rings (SSSR count). The van der Waals surface area contributed by atoms with Crippen molar-refractivity contribution in [2.75, 3.05) is 5.32 Å². The van der Waals surface area contributed by atoms with Crippen LogP contribution in [0, 0.1) is 0 Å². The van der Waals surface area contributed by atoms with Gasteiger partial charge in [-0.1, -0.05) is 0 Å². The van der Waals surface area contributed by atoms with Gasteiger partial charge in [0.15, 0.2) is 6.04 Å². The maximum absolute atomic E-state index is 11.6. The first kappa shape index (κ1) is 15.4. The summed E-state index contributed by atoms with van der Waals surface area (Å²) in [6.07, 6.45) is -1.24. The molecule has 8 heteroatoms. The molecule has 0 saturated carbocycles. The highest BCUT2D eigenvalue weighted by atomic mass is 16.4. The number of benzene rings is 1. The second-order valence-electron chi connectivity index (χ2n) is 4.10. The van der Waals surface area contributed by atoms with Gasteiger partial charge in [0.1, 0.15) is 0 Å². The Labute approximate surface area is 114 Å². The minimum Gasteiger partial charge on any atom is -0.480 e. The molecular weight excluding hydrogens is 266 g/mol. The summed E-state index contributed by atoms with van der Waals surface area (Å²) in [5.74, 6) is -1.94. The summed E-state index contributed by atoms with van der Waals surface area (Å²) in [4.78, 5) is 33.2. The molecule has 0 spiro atoms. The van der Waals surface area contributed by atoms with Crippen molar-refractivity contribution in [3.8, 4) is 0 Å². The highest BCUT2D eigenvalue weighted by Crippen LogP contribution is 2.09. The van der Waals surface area contributed by atoms with E-state index in [1.54, 1.807) is 0 Å². The third kappa shape index (κ3) is 4.25. The van der Waals surface area contributed by atoms with Crippen LogP contribution in [0.2, 0.25) is 0 Å². The van der Waals surface area contributed by atoms with Crippen molar-refractivity contribution in [3.05, 3.63) is 29.8 Å². The van der Waals surface area contributed by atoms with E-state index in [9.17, 15) is 19.5 Å². The van der Waals surface area contributed by atoms with E-state index in [0.717, 1.165) is 0 Å². The molecule has 0 heterocycles. The van der Waals surface area contributed by atoms with E-state index in [0.29, 0.717) is 5.69 Å². The van der Waals surface area contributed by atoms with Crippen LogP contribution in [-0.4, -0.2) is 40.3 Å². The standard InChI is InChI=1S/C12H15N3O5/c1-6(16)9(11(18)19)15-12(20)14-8-4-2-7(3-5-8)10(13)17/h2-6,9,16H,1H3,(H2,13,17)(H,18,19)(H2,14,15,20)/t6-,9+/m1/s1. The van der Waals surface area contributed by atoms with E-state index in [-0.39, 0.29) is 5.56 Å². The molecule has 0 aliphatic carbocycles. The molecule has 0 fully saturated rings. The highest BCUT2D eigenvalue weighted by molar-refractivity contribution is 5.95. The molecule has 2 atom stereocenters. The fourth-order valence-electron chi connectivity index (χ4n) is 1.41. The predicted octanol–water partition coefficient (Wildman–Crippen LogP) is -0.259. The predicted molar refractivity (Wildman–Crippen MR) is 70.2 cm³/mol. The van der Waals surface area contributed by atoms with Gasteiger partial charge in [-0.25, -0.2) is 9.59 Å². The molecule has 6 N–H and O–H groups in total. The van der Waals surface area contributed by atoms with Crippen molar-refractivity contribution < 1.29 is 24.6 Å². The normalized spacial score (nSPS) is 13.1. The molecule has 0 aromatic heterocycles. The minimum atomic E-state index is -1.42. The number of urea groups is 1. The van der Waals surface area contributed by atoms with E-state index in [2.05, 4.69) is 10.6 Å². The summed E-state index contributed by atoms with van der Waals surface area (Å²) in [7, 11) is 0. The topological polar surface area (TPSA) is 142 Å².